The second kappa shape index (κ2) is 12.4. The average Bonchev–Trinajstić information content (AvgIpc) is 3.31. The molecule has 42 heavy (non-hydrogen) atoms. The molecule has 2 aromatic rings. The summed E-state index contributed by atoms with van der Waals surface area (Å²) in [4.78, 5) is 43.5. The number of carbonyl (C=O) groups is 3. The van der Waals surface area contributed by atoms with E-state index in [0.717, 1.165) is 36.4 Å². The molecule has 3 aliphatic rings. The van der Waals surface area contributed by atoms with E-state index in [0.29, 0.717) is 21.0 Å². The van der Waals surface area contributed by atoms with Gasteiger partial charge >= 0.3 is 24.5 Å². The molecule has 0 saturated heterocycles. The molecule has 0 bridgehead atoms. The Kier molecular flexibility index (Phi) is 8.87. The number of fused-ring (bicyclic) bond motifs is 3. The molecule has 1 atom stereocenters. The average molecular weight is 612 g/mol. The first kappa shape index (κ1) is 30.1. The van der Waals surface area contributed by atoms with Crippen molar-refractivity contribution in [1.82, 2.24) is 10.6 Å². The van der Waals surface area contributed by atoms with E-state index in [1.807, 2.05) is 0 Å². The van der Waals surface area contributed by atoms with Crippen LogP contribution < -0.4 is 15.2 Å². The number of halogens is 4. The van der Waals surface area contributed by atoms with Crippen LogP contribution >= 0.6 is 11.6 Å². The minimum absolute atomic E-state index is 0.0534. The van der Waals surface area contributed by atoms with Crippen LogP contribution in [0.25, 0.3) is 0 Å². The van der Waals surface area contributed by atoms with Crippen molar-refractivity contribution in [2.75, 3.05) is 25.9 Å². The van der Waals surface area contributed by atoms with E-state index in [2.05, 4.69) is 30.1 Å². The molecular weight excluding hydrogens is 591 g/mol. The second-order valence-corrected chi connectivity index (χ2v) is 8.80. The van der Waals surface area contributed by atoms with E-state index in [1.54, 1.807) is 30.5 Å². The molecule has 2 aromatic carbocycles. The maximum Gasteiger partial charge on any atom is 0.573 e. The molecule has 1 aliphatic carbocycles. The van der Waals surface area contributed by atoms with E-state index < -0.39 is 42.5 Å². The van der Waals surface area contributed by atoms with Gasteiger partial charge in [-0.1, -0.05) is 17.7 Å². The fourth-order valence-electron chi connectivity index (χ4n) is 4.08. The largest absolute Gasteiger partial charge is 0.573 e. The van der Waals surface area contributed by atoms with Gasteiger partial charge in [0.1, 0.15) is 24.5 Å². The minimum atomic E-state index is -4.92. The number of rotatable bonds is 3. The highest BCUT2D eigenvalue weighted by atomic mass is 35.5. The van der Waals surface area contributed by atoms with Gasteiger partial charge in [0, 0.05) is 17.0 Å². The third-order valence-electron chi connectivity index (χ3n) is 5.82. The van der Waals surface area contributed by atoms with Gasteiger partial charge in [-0.2, -0.15) is 20.1 Å². The Labute approximate surface area is 240 Å². The molecule has 2 heterocycles. The molecule has 5 rings (SSSR count). The molecule has 1 N–H and O–H groups in total. The number of methoxy groups -OCH3 is 2. The number of ether oxygens (including phenoxy) is 4. The SMILES string of the molecule is C1=CONN=C1.COC(=O)N(C(=O)N1CO[C@@]2(C(=O)OC)Cc3cc(Cl)ccc3C2=N1)c1ccc(OC(F)(F)F)cc1. The van der Waals surface area contributed by atoms with Gasteiger partial charge in [0.15, 0.2) is 0 Å². The predicted octanol–water partition coefficient (Wildman–Crippen LogP) is 4.11. The molecule has 222 valence electrons. The van der Waals surface area contributed by atoms with Gasteiger partial charge in [-0.25, -0.2) is 14.4 Å². The summed E-state index contributed by atoms with van der Waals surface area (Å²) in [6.45, 7) is -0.554. The van der Waals surface area contributed by atoms with E-state index in [9.17, 15) is 27.6 Å². The monoisotopic (exact) mass is 611 g/mol. The molecule has 17 heteroatoms. The smallest absolute Gasteiger partial charge is 0.467 e. The van der Waals surface area contributed by atoms with Crippen LogP contribution in [-0.4, -0.2) is 67.9 Å². The van der Waals surface area contributed by atoms with E-state index >= 15 is 0 Å². The Morgan fingerprint density at radius 1 is 1.12 bits per heavy atom. The summed E-state index contributed by atoms with van der Waals surface area (Å²) >= 11 is 6.07. The van der Waals surface area contributed by atoms with Gasteiger partial charge in [-0.05, 0) is 48.0 Å². The van der Waals surface area contributed by atoms with Crippen LogP contribution in [0.1, 0.15) is 11.1 Å². The van der Waals surface area contributed by atoms with Gasteiger partial charge in [0.2, 0.25) is 5.60 Å². The van der Waals surface area contributed by atoms with Crippen LogP contribution in [0.5, 0.6) is 5.75 Å². The quantitative estimate of drug-likeness (QED) is 0.508. The van der Waals surface area contributed by atoms with Crippen molar-refractivity contribution in [3.63, 3.8) is 0 Å². The molecule has 0 aromatic heterocycles. The summed E-state index contributed by atoms with van der Waals surface area (Å²) < 4.78 is 56.6. The van der Waals surface area contributed by atoms with Gasteiger partial charge in [0.05, 0.1) is 26.1 Å². The third kappa shape index (κ3) is 6.39. The fourth-order valence-corrected chi connectivity index (χ4v) is 4.28. The standard InChI is InChI=1S/C22H17ClF3N3O7.C3H4N2O/c1-33-18(30)21-10-12-9-13(23)3-8-16(12)17(21)27-28(11-35-21)19(31)29(20(32)34-2)14-4-6-15(7-5-14)36-22(24,25)26;1-2-4-5-6-3-1/h3-9H,10-11H2,1-2H3;1-3,5H/t21-;/m0./s1. The summed E-state index contributed by atoms with van der Waals surface area (Å²) in [6.07, 6.45) is -1.22. The summed E-state index contributed by atoms with van der Waals surface area (Å²) in [6, 6.07) is 7.70. The number of esters is 1. The first-order valence-electron chi connectivity index (χ1n) is 11.7. The molecular formula is C25H21ClF3N5O8. The Bertz CT molecular complexity index is 1440. The van der Waals surface area contributed by atoms with Crippen molar-refractivity contribution in [1.29, 1.82) is 0 Å². The number of hydrogen-bond acceptors (Lipinski definition) is 11. The molecule has 0 spiro atoms. The zero-order valence-corrected chi connectivity index (χ0v) is 22.5. The highest BCUT2D eigenvalue weighted by molar-refractivity contribution is 6.31. The van der Waals surface area contributed by atoms with Gasteiger partial charge in [-0.15, -0.1) is 18.8 Å². The zero-order valence-electron chi connectivity index (χ0n) is 21.8. The number of imide groups is 1. The summed E-state index contributed by atoms with van der Waals surface area (Å²) in [5.41, 5.74) is 1.69. The molecule has 0 radical (unpaired) electrons. The fraction of sp³-hybridized carbons (Fsp3) is 0.240. The van der Waals surface area contributed by atoms with Crippen molar-refractivity contribution >= 4 is 47.3 Å². The summed E-state index contributed by atoms with van der Waals surface area (Å²) in [5, 5.41) is 8.97. The highest BCUT2D eigenvalue weighted by Crippen LogP contribution is 2.39. The van der Waals surface area contributed by atoms with E-state index in [4.69, 9.17) is 21.1 Å². The number of alkyl halides is 3. The van der Waals surface area contributed by atoms with Gasteiger partial charge in [0.25, 0.3) is 0 Å². The molecule has 0 saturated carbocycles. The lowest BCUT2D eigenvalue weighted by Gasteiger charge is -2.35. The molecule has 13 nitrogen and oxygen atoms in total. The van der Waals surface area contributed by atoms with Gasteiger partial charge in [-0.3, -0.25) is 0 Å². The van der Waals surface area contributed by atoms with E-state index in [1.165, 1.54) is 13.4 Å². The van der Waals surface area contributed by atoms with Crippen LogP contribution in [0.4, 0.5) is 28.4 Å². The van der Waals surface area contributed by atoms with Crippen molar-refractivity contribution in [3.8, 4) is 5.75 Å². The van der Waals surface area contributed by atoms with Crippen LogP contribution in [0.15, 0.2) is 65.0 Å². The normalized spacial score (nSPS) is 18.1. The number of urea groups is 1. The predicted molar refractivity (Wildman–Crippen MR) is 139 cm³/mol. The van der Waals surface area contributed by atoms with Gasteiger partial charge < -0.3 is 23.8 Å². The second-order valence-electron chi connectivity index (χ2n) is 8.36. The van der Waals surface area contributed by atoms with Crippen LogP contribution in [0.3, 0.4) is 0 Å². The molecule has 0 fully saturated rings. The Morgan fingerprint density at radius 2 is 1.86 bits per heavy atom. The number of nitrogens with zero attached hydrogens (tertiary/aromatic N) is 4. The first-order valence-corrected chi connectivity index (χ1v) is 12.1. The van der Waals surface area contributed by atoms with Crippen LogP contribution in [0, 0.1) is 0 Å². The lowest BCUT2D eigenvalue weighted by atomic mass is 9.97. The lowest BCUT2D eigenvalue weighted by Crippen LogP contribution is -2.56. The number of hydrazone groups is 2. The summed E-state index contributed by atoms with van der Waals surface area (Å²) in [7, 11) is 2.19. The molecule has 3 amide bonds. The lowest BCUT2D eigenvalue weighted by molar-refractivity contribution is -0.274. The minimum Gasteiger partial charge on any atom is -0.467 e. The van der Waals surface area contributed by atoms with Crippen molar-refractivity contribution in [3.05, 3.63) is 71.0 Å². The number of anilines is 1. The highest BCUT2D eigenvalue weighted by Gasteiger charge is 2.55. The first-order chi connectivity index (χ1) is 20.0. The molecule has 2 aliphatic heterocycles. The third-order valence-corrected chi connectivity index (χ3v) is 6.06. The number of benzene rings is 2. The maximum absolute atomic E-state index is 13.3. The van der Waals surface area contributed by atoms with Crippen molar-refractivity contribution < 1.29 is 51.3 Å². The molecule has 0 unspecified atom stereocenters. The Morgan fingerprint density at radius 3 is 2.40 bits per heavy atom. The van der Waals surface area contributed by atoms with Crippen LogP contribution in [-0.2, 0) is 30.3 Å². The van der Waals surface area contributed by atoms with Crippen molar-refractivity contribution in [2.45, 2.75) is 18.4 Å². The topological polar surface area (TPSA) is 141 Å². The number of hydrogen-bond donors (Lipinski definition) is 1. The maximum atomic E-state index is 13.3. The van der Waals surface area contributed by atoms with Crippen molar-refractivity contribution in [2.24, 2.45) is 10.2 Å². The van der Waals surface area contributed by atoms with Crippen LogP contribution in [0.2, 0.25) is 5.02 Å². The Hall–Kier alpha value is -4.83. The van der Waals surface area contributed by atoms with E-state index in [-0.39, 0.29) is 17.8 Å². The Balaban J connectivity index is 0.000000600. The summed E-state index contributed by atoms with van der Waals surface area (Å²) in [5.74, 6) is -1.31. The zero-order chi connectivity index (χ0) is 30.5. The number of allylic oxidation sites excluding steroid dienone is 1. The number of nitrogens with one attached hydrogen (secondary N) is 1. The number of carbonyl (C=O) groups excluding carboxylic acids is 3. The number of amides is 3.